The third-order valence-electron chi connectivity index (χ3n) is 4.69. The highest BCUT2D eigenvalue weighted by molar-refractivity contribution is 6.08. The molecule has 0 aliphatic heterocycles. The van der Waals surface area contributed by atoms with Crippen LogP contribution in [0.1, 0.15) is 21.6 Å². The molecular weight excluding hydrogens is 451 g/mol. The van der Waals surface area contributed by atoms with Crippen molar-refractivity contribution >= 4 is 54.1 Å². The Morgan fingerprint density at radius 1 is 1.27 bits per heavy atom. The Morgan fingerprint density at radius 3 is 2.43 bits per heavy atom. The molecule has 0 aliphatic rings. The van der Waals surface area contributed by atoms with Crippen molar-refractivity contribution in [2.45, 2.75) is 13.1 Å². The lowest BCUT2D eigenvalue weighted by molar-refractivity contribution is 0.0696. The van der Waals surface area contributed by atoms with Gasteiger partial charge in [0.2, 0.25) is 0 Å². The van der Waals surface area contributed by atoms with Gasteiger partial charge in [0.15, 0.2) is 0 Å². The number of phenols is 1. The molecule has 2 aromatic heterocycles. The van der Waals surface area contributed by atoms with Crippen LogP contribution in [-0.2, 0) is 20.1 Å². The van der Waals surface area contributed by atoms with Crippen molar-refractivity contribution < 1.29 is 15.0 Å². The lowest BCUT2D eigenvalue weighted by Crippen LogP contribution is -2.16. The van der Waals surface area contributed by atoms with E-state index in [2.05, 4.69) is 10.3 Å². The number of halogens is 3. The van der Waals surface area contributed by atoms with Crippen molar-refractivity contribution in [3.05, 3.63) is 47.4 Å². The lowest BCUT2D eigenvalue weighted by atomic mass is 9.96. The summed E-state index contributed by atoms with van der Waals surface area (Å²) in [6.07, 6.45) is 3.36. The number of aromatic hydroxyl groups is 1. The molecule has 3 rings (SSSR count). The molecule has 0 spiro atoms. The van der Waals surface area contributed by atoms with E-state index in [1.165, 1.54) is 0 Å². The Hall–Kier alpha value is -2.03. The fourth-order valence-corrected chi connectivity index (χ4v) is 3.52. The number of aromatic nitrogens is 2. The topological polar surface area (TPSA) is 90.6 Å². The molecule has 0 atom stereocenters. The van der Waals surface area contributed by atoms with E-state index in [4.69, 9.17) is 0 Å². The van der Waals surface area contributed by atoms with Crippen LogP contribution in [0.15, 0.2) is 30.6 Å². The molecule has 0 aliphatic carbocycles. The Morgan fingerprint density at radius 2 is 1.93 bits per heavy atom. The van der Waals surface area contributed by atoms with E-state index in [9.17, 15) is 15.0 Å². The summed E-state index contributed by atoms with van der Waals surface area (Å²) >= 11 is 0. The molecule has 3 aromatic rings. The molecule has 0 unspecified atom stereocenters. The number of carboxylic acids is 1. The highest BCUT2D eigenvalue weighted by atomic mass is 35.5. The summed E-state index contributed by atoms with van der Waals surface area (Å²) in [5, 5.41) is 24.5. The normalized spacial score (nSPS) is 10.3. The van der Waals surface area contributed by atoms with Crippen LogP contribution in [-0.4, -0.2) is 51.8 Å². The van der Waals surface area contributed by atoms with Gasteiger partial charge in [0.1, 0.15) is 5.75 Å². The number of nitrogens with one attached hydrogen (secondary N) is 1. The second-order valence-corrected chi connectivity index (χ2v) is 6.84. The number of pyridine rings is 1. The minimum atomic E-state index is -0.997. The summed E-state index contributed by atoms with van der Waals surface area (Å²) < 4.78 is 1.90. The number of nitrogens with zero attached hydrogens (tertiary/aromatic N) is 3. The largest absolute Gasteiger partial charge is 0.507 e. The van der Waals surface area contributed by atoms with Crippen LogP contribution >= 0.6 is 37.2 Å². The molecule has 10 heteroatoms. The number of fused-ring (bicyclic) bond motifs is 1. The first-order valence-corrected chi connectivity index (χ1v) is 8.65. The van der Waals surface area contributed by atoms with E-state index < -0.39 is 5.97 Å². The molecule has 0 saturated heterocycles. The van der Waals surface area contributed by atoms with Crippen LogP contribution in [0.2, 0.25) is 0 Å². The Bertz CT molecular complexity index is 1010. The summed E-state index contributed by atoms with van der Waals surface area (Å²) in [4.78, 5) is 18.2. The molecule has 0 radical (unpaired) electrons. The molecule has 166 valence electrons. The predicted octanol–water partition coefficient (Wildman–Crippen LogP) is 3.69. The van der Waals surface area contributed by atoms with Crippen LogP contribution in [0.4, 0.5) is 0 Å². The lowest BCUT2D eigenvalue weighted by Gasteiger charge is -2.13. The molecule has 0 bridgehead atoms. The van der Waals surface area contributed by atoms with E-state index in [1.807, 2.05) is 48.8 Å². The number of aryl methyl sites for hydroxylation is 1. The van der Waals surface area contributed by atoms with E-state index in [1.54, 1.807) is 19.4 Å². The van der Waals surface area contributed by atoms with Crippen molar-refractivity contribution in [3.8, 4) is 16.9 Å². The van der Waals surface area contributed by atoms with Gasteiger partial charge in [0.25, 0.3) is 0 Å². The van der Waals surface area contributed by atoms with Gasteiger partial charge in [0.05, 0.1) is 11.1 Å². The fourth-order valence-electron chi connectivity index (χ4n) is 3.52. The predicted molar refractivity (Wildman–Crippen MR) is 127 cm³/mol. The molecule has 1 aromatic carbocycles. The van der Waals surface area contributed by atoms with Crippen LogP contribution < -0.4 is 5.32 Å². The Labute approximate surface area is 194 Å². The summed E-state index contributed by atoms with van der Waals surface area (Å²) in [5.74, 6) is -0.919. The zero-order valence-electron chi connectivity index (χ0n) is 17.2. The number of hydrogen-bond acceptors (Lipinski definition) is 5. The average molecular weight is 478 g/mol. The van der Waals surface area contributed by atoms with Crippen molar-refractivity contribution in [3.63, 3.8) is 0 Å². The maximum atomic E-state index is 12.1. The first-order chi connectivity index (χ1) is 12.9. The number of rotatable bonds is 6. The van der Waals surface area contributed by atoms with Crippen molar-refractivity contribution in [1.82, 2.24) is 19.8 Å². The first-order valence-electron chi connectivity index (χ1n) is 8.65. The van der Waals surface area contributed by atoms with Crippen molar-refractivity contribution in [2.24, 2.45) is 7.05 Å². The number of carbonyl (C=O) groups is 1. The smallest absolute Gasteiger partial charge is 0.338 e. The monoisotopic (exact) mass is 476 g/mol. The average Bonchev–Trinajstić information content (AvgIpc) is 2.89. The van der Waals surface area contributed by atoms with Gasteiger partial charge >= 0.3 is 5.97 Å². The third-order valence-corrected chi connectivity index (χ3v) is 4.69. The van der Waals surface area contributed by atoms with Crippen molar-refractivity contribution in [1.29, 1.82) is 0 Å². The van der Waals surface area contributed by atoms with Gasteiger partial charge in [0, 0.05) is 60.3 Å². The zero-order valence-corrected chi connectivity index (χ0v) is 19.6. The van der Waals surface area contributed by atoms with Gasteiger partial charge in [-0.1, -0.05) is 6.07 Å². The van der Waals surface area contributed by atoms with E-state index >= 15 is 0 Å². The number of benzene rings is 1. The maximum absolute atomic E-state index is 12.1. The van der Waals surface area contributed by atoms with Gasteiger partial charge in [-0.2, -0.15) is 0 Å². The summed E-state index contributed by atoms with van der Waals surface area (Å²) in [7, 11) is 7.43. The highest BCUT2D eigenvalue weighted by Gasteiger charge is 2.26. The molecule has 0 saturated carbocycles. The van der Waals surface area contributed by atoms with Crippen LogP contribution in [0.5, 0.6) is 5.75 Å². The fraction of sp³-hybridized carbons (Fsp3) is 0.300. The standard InChI is InChI=1S/C20H24N4O3.3ClH/c1-21-10-14-17-15(8-13(19(14)25)12-6-5-7-22-9-12)24(4)16(11-23(2)3)18(17)20(26)27;;;/h5-9,21,25H,10-11H2,1-4H3,(H,26,27);3*1H. The van der Waals surface area contributed by atoms with E-state index in [0.717, 1.165) is 11.1 Å². The van der Waals surface area contributed by atoms with Crippen LogP contribution in [0.25, 0.3) is 22.0 Å². The Balaban J connectivity index is 0.00000280. The van der Waals surface area contributed by atoms with Gasteiger partial charge in [-0.25, -0.2) is 4.79 Å². The first kappa shape index (κ1) is 28.0. The third kappa shape index (κ3) is 4.99. The maximum Gasteiger partial charge on any atom is 0.338 e. The minimum Gasteiger partial charge on any atom is -0.507 e. The SMILES string of the molecule is CNCc1c(O)c(-c2cccnc2)cc2c1c(C(=O)O)c(CN(C)C)n2C.Cl.Cl.Cl. The zero-order chi connectivity index (χ0) is 19.7. The number of phenolic OH excluding ortho intramolecular Hbond substituents is 1. The molecule has 30 heavy (non-hydrogen) atoms. The summed E-state index contributed by atoms with van der Waals surface area (Å²) in [6.45, 7) is 0.830. The molecule has 0 amide bonds. The van der Waals surface area contributed by atoms with Gasteiger partial charge in [-0.05, 0) is 33.3 Å². The molecular formula is C20H27Cl3N4O3. The summed E-state index contributed by atoms with van der Waals surface area (Å²) in [5.41, 5.74) is 3.69. The highest BCUT2D eigenvalue weighted by Crippen LogP contribution is 2.41. The second kappa shape index (κ2) is 11.4. The van der Waals surface area contributed by atoms with Gasteiger partial charge < -0.3 is 25.0 Å². The number of carboxylic acid groups (broad SMARTS) is 1. The minimum absolute atomic E-state index is 0. The second-order valence-electron chi connectivity index (χ2n) is 6.84. The number of aromatic carboxylic acids is 1. The summed E-state index contributed by atoms with van der Waals surface area (Å²) in [6, 6.07) is 5.52. The molecule has 0 fully saturated rings. The molecule has 3 N–H and O–H groups in total. The van der Waals surface area contributed by atoms with Crippen LogP contribution in [0.3, 0.4) is 0 Å². The van der Waals surface area contributed by atoms with Crippen LogP contribution in [0, 0.1) is 0 Å². The van der Waals surface area contributed by atoms with Gasteiger partial charge in [-0.3, -0.25) is 4.98 Å². The molecule has 7 nitrogen and oxygen atoms in total. The van der Waals surface area contributed by atoms with Gasteiger partial charge in [-0.15, -0.1) is 37.2 Å². The van der Waals surface area contributed by atoms with E-state index in [0.29, 0.717) is 35.3 Å². The quantitative estimate of drug-likeness (QED) is 0.502. The number of hydrogen-bond donors (Lipinski definition) is 3. The Kier molecular flexibility index (Phi) is 10.6. The van der Waals surface area contributed by atoms with Crippen molar-refractivity contribution in [2.75, 3.05) is 21.1 Å². The van der Waals surface area contributed by atoms with E-state index in [-0.39, 0.29) is 48.5 Å². The molecule has 2 heterocycles.